The Balaban J connectivity index is 1.78. The molecular formula is C18H28N2O3. The van der Waals surface area contributed by atoms with Crippen molar-refractivity contribution in [2.75, 3.05) is 20.2 Å². The summed E-state index contributed by atoms with van der Waals surface area (Å²) in [4.78, 5) is 14.7. The third-order valence-electron chi connectivity index (χ3n) is 4.35. The number of amides is 1. The van der Waals surface area contributed by atoms with E-state index in [1.165, 1.54) is 0 Å². The van der Waals surface area contributed by atoms with Crippen LogP contribution in [0.3, 0.4) is 0 Å². The van der Waals surface area contributed by atoms with Gasteiger partial charge in [0.05, 0.1) is 7.11 Å². The van der Waals surface area contributed by atoms with Gasteiger partial charge in [-0.05, 0) is 57.9 Å². The average Bonchev–Trinajstić information content (AvgIpc) is 2.56. The molecule has 0 spiro atoms. The van der Waals surface area contributed by atoms with Crippen molar-refractivity contribution in [2.24, 2.45) is 0 Å². The van der Waals surface area contributed by atoms with E-state index in [1.807, 2.05) is 24.3 Å². The molecule has 1 amide bonds. The van der Waals surface area contributed by atoms with Gasteiger partial charge in [-0.2, -0.15) is 0 Å². The molecule has 0 aromatic heterocycles. The van der Waals surface area contributed by atoms with Crippen LogP contribution >= 0.6 is 0 Å². The highest BCUT2D eigenvalue weighted by atomic mass is 16.5. The van der Waals surface area contributed by atoms with E-state index >= 15 is 0 Å². The van der Waals surface area contributed by atoms with Gasteiger partial charge in [0, 0.05) is 25.2 Å². The number of ether oxygens (including phenoxy) is 2. The lowest BCUT2D eigenvalue weighted by Crippen LogP contribution is -2.49. The van der Waals surface area contributed by atoms with Gasteiger partial charge in [-0.1, -0.05) is 0 Å². The van der Waals surface area contributed by atoms with Crippen LogP contribution in [-0.2, 0) is 4.79 Å². The van der Waals surface area contributed by atoms with Crippen LogP contribution < -0.4 is 14.8 Å². The molecule has 1 aliphatic heterocycles. The molecule has 0 saturated carbocycles. The van der Waals surface area contributed by atoms with Crippen molar-refractivity contribution < 1.29 is 14.3 Å². The largest absolute Gasteiger partial charge is 0.497 e. The standard InChI is InChI=1S/C18H28N2O3/c1-13(2)20-11-9-15(10-12-20)19-18(21)14(3)23-17-7-5-16(22-4)6-8-17/h5-8,13-15H,9-12H2,1-4H3,(H,19,21)/t14-/m1/s1. The lowest BCUT2D eigenvalue weighted by Gasteiger charge is -2.35. The van der Waals surface area contributed by atoms with E-state index in [1.54, 1.807) is 14.0 Å². The molecule has 5 nitrogen and oxygen atoms in total. The molecule has 1 atom stereocenters. The van der Waals surface area contributed by atoms with Gasteiger partial charge in [-0.25, -0.2) is 0 Å². The maximum Gasteiger partial charge on any atom is 0.260 e. The summed E-state index contributed by atoms with van der Waals surface area (Å²) in [6, 6.07) is 8.08. The van der Waals surface area contributed by atoms with Crippen LogP contribution in [0.25, 0.3) is 0 Å². The summed E-state index contributed by atoms with van der Waals surface area (Å²) < 4.78 is 10.8. The van der Waals surface area contributed by atoms with Crippen LogP contribution in [0.5, 0.6) is 11.5 Å². The fourth-order valence-electron chi connectivity index (χ4n) is 2.79. The van der Waals surface area contributed by atoms with Gasteiger partial charge < -0.3 is 19.7 Å². The van der Waals surface area contributed by atoms with E-state index in [-0.39, 0.29) is 11.9 Å². The highest BCUT2D eigenvalue weighted by Crippen LogP contribution is 2.18. The Morgan fingerprint density at radius 2 is 1.70 bits per heavy atom. The lowest BCUT2D eigenvalue weighted by molar-refractivity contribution is -0.128. The Bertz CT molecular complexity index is 493. The fraction of sp³-hybridized carbons (Fsp3) is 0.611. The van der Waals surface area contributed by atoms with Crippen molar-refractivity contribution in [3.05, 3.63) is 24.3 Å². The van der Waals surface area contributed by atoms with Gasteiger partial charge in [0.25, 0.3) is 5.91 Å². The van der Waals surface area contributed by atoms with Crippen molar-refractivity contribution in [1.29, 1.82) is 0 Å². The molecule has 5 heteroatoms. The first-order valence-corrected chi connectivity index (χ1v) is 8.34. The van der Waals surface area contributed by atoms with Crippen LogP contribution in [0.4, 0.5) is 0 Å². The molecule has 0 aliphatic carbocycles. The van der Waals surface area contributed by atoms with Gasteiger partial charge in [-0.3, -0.25) is 4.79 Å². The summed E-state index contributed by atoms with van der Waals surface area (Å²) in [5.41, 5.74) is 0. The number of hydrogen-bond acceptors (Lipinski definition) is 4. The number of rotatable bonds is 6. The smallest absolute Gasteiger partial charge is 0.260 e. The minimum absolute atomic E-state index is 0.0520. The lowest BCUT2D eigenvalue weighted by atomic mass is 10.0. The third-order valence-corrected chi connectivity index (χ3v) is 4.35. The van der Waals surface area contributed by atoms with E-state index in [9.17, 15) is 4.79 Å². The molecule has 0 radical (unpaired) electrons. The molecule has 1 aromatic rings. The monoisotopic (exact) mass is 320 g/mol. The number of nitrogens with one attached hydrogen (secondary N) is 1. The zero-order chi connectivity index (χ0) is 16.8. The SMILES string of the molecule is COc1ccc(O[C@H](C)C(=O)NC2CCN(C(C)C)CC2)cc1. The number of carbonyl (C=O) groups excluding carboxylic acids is 1. The van der Waals surface area contributed by atoms with Crippen molar-refractivity contribution in [3.63, 3.8) is 0 Å². The first kappa shape index (κ1) is 17.6. The quantitative estimate of drug-likeness (QED) is 0.875. The number of hydrogen-bond donors (Lipinski definition) is 1. The molecule has 0 unspecified atom stereocenters. The molecule has 1 N–H and O–H groups in total. The van der Waals surface area contributed by atoms with Crippen LogP contribution in [0, 0.1) is 0 Å². The Labute approximate surface area is 139 Å². The second kappa shape index (κ2) is 8.20. The van der Waals surface area contributed by atoms with Gasteiger partial charge in [0.2, 0.25) is 0 Å². The van der Waals surface area contributed by atoms with Crippen LogP contribution in [0.2, 0.25) is 0 Å². The number of piperidine rings is 1. The highest BCUT2D eigenvalue weighted by molar-refractivity contribution is 5.81. The highest BCUT2D eigenvalue weighted by Gasteiger charge is 2.24. The number of likely N-dealkylation sites (tertiary alicyclic amines) is 1. The minimum atomic E-state index is -0.508. The summed E-state index contributed by atoms with van der Waals surface area (Å²) in [5, 5.41) is 3.11. The molecule has 2 rings (SSSR count). The van der Waals surface area contributed by atoms with Crippen molar-refractivity contribution in [1.82, 2.24) is 10.2 Å². The number of benzene rings is 1. The molecule has 1 saturated heterocycles. The van der Waals surface area contributed by atoms with Gasteiger partial charge in [0.15, 0.2) is 6.10 Å². The normalized spacial score (nSPS) is 17.8. The first-order valence-electron chi connectivity index (χ1n) is 8.34. The minimum Gasteiger partial charge on any atom is -0.497 e. The predicted octanol–water partition coefficient (Wildman–Crippen LogP) is 2.45. The van der Waals surface area contributed by atoms with Crippen LogP contribution in [0.1, 0.15) is 33.6 Å². The summed E-state index contributed by atoms with van der Waals surface area (Å²) in [6.07, 6.45) is 1.49. The molecule has 1 aromatic carbocycles. The second-order valence-corrected chi connectivity index (χ2v) is 6.35. The fourth-order valence-corrected chi connectivity index (χ4v) is 2.79. The summed E-state index contributed by atoms with van der Waals surface area (Å²) in [6.45, 7) is 8.28. The van der Waals surface area contributed by atoms with E-state index in [2.05, 4.69) is 24.1 Å². The molecule has 1 fully saturated rings. The molecule has 23 heavy (non-hydrogen) atoms. The van der Waals surface area contributed by atoms with Crippen LogP contribution in [0.15, 0.2) is 24.3 Å². The van der Waals surface area contributed by atoms with E-state index in [0.29, 0.717) is 11.8 Å². The number of carbonyl (C=O) groups is 1. The maximum atomic E-state index is 12.3. The Morgan fingerprint density at radius 3 is 2.22 bits per heavy atom. The molecular weight excluding hydrogens is 292 g/mol. The molecule has 1 heterocycles. The maximum absolute atomic E-state index is 12.3. The molecule has 0 bridgehead atoms. The Hall–Kier alpha value is -1.75. The van der Waals surface area contributed by atoms with Crippen molar-refractivity contribution in [3.8, 4) is 11.5 Å². The topological polar surface area (TPSA) is 50.8 Å². The van der Waals surface area contributed by atoms with E-state index in [0.717, 1.165) is 31.7 Å². The van der Waals surface area contributed by atoms with Gasteiger partial charge in [-0.15, -0.1) is 0 Å². The summed E-state index contributed by atoms with van der Waals surface area (Å²) >= 11 is 0. The van der Waals surface area contributed by atoms with Crippen molar-refractivity contribution >= 4 is 5.91 Å². The van der Waals surface area contributed by atoms with Gasteiger partial charge in [0.1, 0.15) is 11.5 Å². The zero-order valence-corrected chi connectivity index (χ0v) is 14.5. The molecule has 128 valence electrons. The zero-order valence-electron chi connectivity index (χ0n) is 14.5. The number of methoxy groups -OCH3 is 1. The van der Waals surface area contributed by atoms with E-state index < -0.39 is 6.10 Å². The average molecular weight is 320 g/mol. The molecule has 1 aliphatic rings. The first-order chi connectivity index (χ1) is 11.0. The van der Waals surface area contributed by atoms with Gasteiger partial charge >= 0.3 is 0 Å². The summed E-state index contributed by atoms with van der Waals surface area (Å²) in [7, 11) is 1.62. The Kier molecular flexibility index (Phi) is 6.28. The summed E-state index contributed by atoms with van der Waals surface area (Å²) in [5.74, 6) is 1.39. The third kappa shape index (κ3) is 5.13. The Morgan fingerprint density at radius 1 is 1.13 bits per heavy atom. The predicted molar refractivity (Wildman–Crippen MR) is 91.0 cm³/mol. The van der Waals surface area contributed by atoms with E-state index in [4.69, 9.17) is 9.47 Å². The van der Waals surface area contributed by atoms with Crippen molar-refractivity contribution in [2.45, 2.75) is 51.8 Å². The second-order valence-electron chi connectivity index (χ2n) is 6.35. The van der Waals surface area contributed by atoms with Crippen LogP contribution in [-0.4, -0.2) is 49.2 Å². The number of nitrogens with zero attached hydrogens (tertiary/aromatic N) is 1.